The molecule has 2 heterocycles. The third-order valence-corrected chi connectivity index (χ3v) is 4.10. The quantitative estimate of drug-likeness (QED) is 0.539. The summed E-state index contributed by atoms with van der Waals surface area (Å²) in [6.45, 7) is -0.236. The van der Waals surface area contributed by atoms with Gasteiger partial charge < -0.3 is 9.55 Å². The largest absolute Gasteiger partial charge is 0.417 e. The lowest BCUT2D eigenvalue weighted by molar-refractivity contribution is -0.140. The number of carbonyl (C=O) groups is 1. The maximum atomic E-state index is 13.4. The second kappa shape index (κ2) is 5.61. The van der Waals surface area contributed by atoms with E-state index in [1.165, 1.54) is 6.92 Å². The number of fused-ring (bicyclic) bond motifs is 3. The van der Waals surface area contributed by atoms with Gasteiger partial charge >= 0.3 is 12.4 Å². The molecule has 0 amide bonds. The molecule has 0 bridgehead atoms. The fraction of sp³-hybridized carbons (Fsp3) is 0.250. The van der Waals surface area contributed by atoms with Crippen LogP contribution in [0, 0.1) is 6.92 Å². The van der Waals surface area contributed by atoms with Crippen LogP contribution in [0.3, 0.4) is 0 Å². The van der Waals surface area contributed by atoms with E-state index in [4.69, 9.17) is 0 Å². The average molecular weight is 376 g/mol. The summed E-state index contributed by atoms with van der Waals surface area (Å²) in [6.07, 6.45) is -9.35. The molecule has 3 rings (SSSR count). The van der Waals surface area contributed by atoms with E-state index in [0.29, 0.717) is 6.07 Å². The number of aldehydes is 1. The first-order chi connectivity index (χ1) is 11.9. The van der Waals surface area contributed by atoms with Crippen molar-refractivity contribution in [1.29, 1.82) is 0 Å². The van der Waals surface area contributed by atoms with Gasteiger partial charge in [-0.25, -0.2) is 0 Å². The molecule has 10 heteroatoms. The Labute approximate surface area is 141 Å². The van der Waals surface area contributed by atoms with Crippen LogP contribution in [-0.2, 0) is 12.7 Å². The first-order valence-corrected chi connectivity index (χ1v) is 7.22. The number of hydrogen-bond donors (Lipinski definition) is 1. The lowest BCUT2D eigenvalue weighted by atomic mass is 10.0. The average Bonchev–Trinajstić information content (AvgIpc) is 2.75. The van der Waals surface area contributed by atoms with Crippen molar-refractivity contribution in [2.45, 2.75) is 25.8 Å². The molecule has 1 N–H and O–H groups in total. The van der Waals surface area contributed by atoms with Gasteiger partial charge in [0.25, 0.3) is 0 Å². The molecule has 0 spiro atoms. The molecule has 0 aliphatic heterocycles. The minimum atomic E-state index is -4.93. The van der Waals surface area contributed by atoms with Crippen LogP contribution >= 0.6 is 0 Å². The van der Waals surface area contributed by atoms with E-state index in [0.717, 1.165) is 16.7 Å². The lowest BCUT2D eigenvalue weighted by Crippen LogP contribution is -2.18. The summed E-state index contributed by atoms with van der Waals surface area (Å²) in [5.41, 5.74) is -3.11. The van der Waals surface area contributed by atoms with E-state index >= 15 is 0 Å². The topological polar surface area (TPSA) is 54.9 Å². The number of halogens is 6. The normalized spacial score (nSPS) is 12.9. The third-order valence-electron chi connectivity index (χ3n) is 4.10. The molecule has 0 saturated carbocycles. The summed E-state index contributed by atoms with van der Waals surface area (Å²) >= 11 is 0. The minimum Gasteiger partial charge on any atom is -0.335 e. The molecule has 0 radical (unpaired) electrons. The van der Waals surface area contributed by atoms with Gasteiger partial charge in [0.05, 0.1) is 11.1 Å². The second-order valence-corrected chi connectivity index (χ2v) is 5.75. The molecule has 0 atom stereocenters. The van der Waals surface area contributed by atoms with Crippen LogP contribution < -0.4 is 5.56 Å². The molecule has 1 aromatic carbocycles. The summed E-state index contributed by atoms with van der Waals surface area (Å²) in [5.74, 6) is 0. The SMILES string of the molecule is Cc1c(C=O)c2c3c(C(F)(F)F)cc(=O)[nH]c3ccc2n1CC(F)(F)F. The first kappa shape index (κ1) is 18.0. The number of rotatable bonds is 2. The predicted molar refractivity (Wildman–Crippen MR) is 81.2 cm³/mol. The van der Waals surface area contributed by atoms with E-state index in [9.17, 15) is 35.9 Å². The van der Waals surface area contributed by atoms with Crippen LogP contribution in [0.4, 0.5) is 26.3 Å². The fourth-order valence-electron chi connectivity index (χ4n) is 3.10. The van der Waals surface area contributed by atoms with E-state index < -0.39 is 35.4 Å². The summed E-state index contributed by atoms with van der Waals surface area (Å²) in [7, 11) is 0. The number of nitrogens with one attached hydrogen (secondary N) is 1. The van der Waals surface area contributed by atoms with Crippen LogP contribution in [0.5, 0.6) is 0 Å². The fourth-order valence-corrected chi connectivity index (χ4v) is 3.10. The molecule has 0 unspecified atom stereocenters. The Balaban J connectivity index is 2.57. The third kappa shape index (κ3) is 2.85. The first-order valence-electron chi connectivity index (χ1n) is 7.22. The Morgan fingerprint density at radius 3 is 2.31 bits per heavy atom. The molecule has 0 aliphatic rings. The van der Waals surface area contributed by atoms with Gasteiger partial charge in [-0.3, -0.25) is 9.59 Å². The zero-order valence-corrected chi connectivity index (χ0v) is 13.0. The lowest BCUT2D eigenvalue weighted by Gasteiger charge is -2.13. The highest BCUT2D eigenvalue weighted by molar-refractivity contribution is 6.15. The molecule has 3 aromatic rings. The predicted octanol–water partition coefficient (Wildman–Crippen LogP) is 4.18. The molecule has 0 saturated heterocycles. The Kier molecular flexibility index (Phi) is 3.89. The molecule has 138 valence electrons. The standard InChI is InChI=1S/C16H10F6N2O2/c1-7-8(5-25)13-11(24(7)6-15(17,18)19)3-2-10-14(13)9(16(20,21)22)4-12(26)23-10/h2-5H,6H2,1H3,(H,23,26). The van der Waals surface area contributed by atoms with Crippen LogP contribution in [0.2, 0.25) is 0 Å². The number of H-pyrrole nitrogens is 1. The van der Waals surface area contributed by atoms with Crippen molar-refractivity contribution < 1.29 is 31.1 Å². The molecule has 26 heavy (non-hydrogen) atoms. The monoisotopic (exact) mass is 376 g/mol. The second-order valence-electron chi connectivity index (χ2n) is 5.75. The molecule has 4 nitrogen and oxygen atoms in total. The van der Waals surface area contributed by atoms with Crippen molar-refractivity contribution in [2.75, 3.05) is 0 Å². The van der Waals surface area contributed by atoms with E-state index in [-0.39, 0.29) is 34.0 Å². The smallest absolute Gasteiger partial charge is 0.335 e. The number of hydrogen-bond acceptors (Lipinski definition) is 2. The highest BCUT2D eigenvalue weighted by Crippen LogP contribution is 2.39. The Morgan fingerprint density at radius 2 is 1.77 bits per heavy atom. The molecule has 2 aromatic heterocycles. The molecule has 0 aliphatic carbocycles. The van der Waals surface area contributed by atoms with Crippen molar-refractivity contribution in [3.8, 4) is 0 Å². The zero-order chi connectivity index (χ0) is 19.4. The van der Waals surface area contributed by atoms with Gasteiger partial charge in [-0.15, -0.1) is 0 Å². The Hall–Kier alpha value is -2.78. The van der Waals surface area contributed by atoms with Crippen LogP contribution in [0.15, 0.2) is 23.0 Å². The number of carbonyl (C=O) groups excluding carboxylic acids is 1. The number of nitrogens with zero attached hydrogens (tertiary/aromatic N) is 1. The molecular weight excluding hydrogens is 366 g/mol. The van der Waals surface area contributed by atoms with Gasteiger partial charge in [-0.2, -0.15) is 26.3 Å². The molecular formula is C16H10F6N2O2. The van der Waals surface area contributed by atoms with Crippen molar-refractivity contribution in [1.82, 2.24) is 9.55 Å². The van der Waals surface area contributed by atoms with Crippen LogP contribution in [0.25, 0.3) is 21.8 Å². The highest BCUT2D eigenvalue weighted by Gasteiger charge is 2.36. The number of pyridine rings is 1. The van der Waals surface area contributed by atoms with Crippen molar-refractivity contribution in [3.05, 3.63) is 45.4 Å². The Morgan fingerprint density at radius 1 is 1.12 bits per heavy atom. The van der Waals surface area contributed by atoms with Crippen LogP contribution in [0.1, 0.15) is 21.6 Å². The van der Waals surface area contributed by atoms with E-state index in [1.54, 1.807) is 0 Å². The minimum absolute atomic E-state index is 0.112. The van der Waals surface area contributed by atoms with E-state index in [1.807, 2.05) is 0 Å². The Bertz CT molecular complexity index is 1090. The summed E-state index contributed by atoms with van der Waals surface area (Å²) in [5, 5.41) is -0.788. The van der Waals surface area contributed by atoms with Gasteiger partial charge in [0.1, 0.15) is 6.54 Å². The van der Waals surface area contributed by atoms with Gasteiger partial charge in [0.15, 0.2) is 6.29 Å². The summed E-state index contributed by atoms with van der Waals surface area (Å²) < 4.78 is 79.6. The maximum absolute atomic E-state index is 13.4. The number of aromatic amines is 1. The van der Waals surface area contributed by atoms with Gasteiger partial charge in [-0.05, 0) is 19.1 Å². The molecule has 0 fully saturated rings. The van der Waals surface area contributed by atoms with Gasteiger partial charge in [0, 0.05) is 33.6 Å². The maximum Gasteiger partial charge on any atom is 0.417 e. The van der Waals surface area contributed by atoms with Crippen molar-refractivity contribution in [2.24, 2.45) is 0 Å². The van der Waals surface area contributed by atoms with Crippen LogP contribution in [-0.4, -0.2) is 22.0 Å². The van der Waals surface area contributed by atoms with E-state index in [2.05, 4.69) is 4.98 Å². The number of aromatic nitrogens is 2. The summed E-state index contributed by atoms with van der Waals surface area (Å²) in [4.78, 5) is 25.2. The highest BCUT2D eigenvalue weighted by atomic mass is 19.4. The van der Waals surface area contributed by atoms with Crippen molar-refractivity contribution >= 4 is 28.1 Å². The van der Waals surface area contributed by atoms with Gasteiger partial charge in [-0.1, -0.05) is 0 Å². The van der Waals surface area contributed by atoms with Crippen molar-refractivity contribution in [3.63, 3.8) is 0 Å². The number of alkyl halides is 6. The zero-order valence-electron chi connectivity index (χ0n) is 13.0. The van der Waals surface area contributed by atoms with Gasteiger partial charge in [0.2, 0.25) is 5.56 Å². The number of benzene rings is 1. The summed E-state index contributed by atoms with van der Waals surface area (Å²) in [6, 6.07) is 2.57.